The third-order valence-electron chi connectivity index (χ3n) is 1.17. The zero-order valence-corrected chi connectivity index (χ0v) is 6.77. The van der Waals surface area contributed by atoms with E-state index in [9.17, 15) is 0 Å². The first kappa shape index (κ1) is 7.61. The molecule has 2 heteroatoms. The molecule has 0 aromatic carbocycles. The Morgan fingerprint density at radius 1 is 1.50 bits per heavy atom. The number of thioether (sulfide) groups is 1. The summed E-state index contributed by atoms with van der Waals surface area (Å²) < 4.78 is 0. The molecule has 0 saturated heterocycles. The van der Waals surface area contributed by atoms with E-state index >= 15 is 0 Å². The van der Waals surface area contributed by atoms with Crippen LogP contribution in [0.4, 0.5) is 0 Å². The SMILES string of the molecule is C[CH]SCc1ccncc1. The first-order valence-corrected chi connectivity index (χ1v) is 4.26. The lowest BCUT2D eigenvalue weighted by atomic mass is 10.3. The summed E-state index contributed by atoms with van der Waals surface area (Å²) in [7, 11) is 0. The van der Waals surface area contributed by atoms with Crippen molar-refractivity contribution in [3.8, 4) is 0 Å². The van der Waals surface area contributed by atoms with Gasteiger partial charge in [-0.15, -0.1) is 0 Å². The van der Waals surface area contributed by atoms with Crippen molar-refractivity contribution in [2.24, 2.45) is 0 Å². The molecule has 0 aliphatic rings. The van der Waals surface area contributed by atoms with Crippen LogP contribution in [0.5, 0.6) is 0 Å². The van der Waals surface area contributed by atoms with Crippen molar-refractivity contribution in [3.05, 3.63) is 35.8 Å². The predicted molar refractivity (Wildman–Crippen MR) is 45.5 cm³/mol. The third-order valence-corrected chi connectivity index (χ3v) is 2.00. The molecule has 1 rings (SSSR count). The number of hydrogen-bond donors (Lipinski definition) is 0. The highest BCUT2D eigenvalue weighted by molar-refractivity contribution is 8.00. The Kier molecular flexibility index (Phi) is 3.30. The zero-order chi connectivity index (χ0) is 7.23. The first-order valence-electron chi connectivity index (χ1n) is 3.22. The van der Waals surface area contributed by atoms with Crippen LogP contribution in [0, 0.1) is 5.75 Å². The molecule has 1 nitrogen and oxygen atoms in total. The second-order valence-electron chi connectivity index (χ2n) is 1.90. The Morgan fingerprint density at radius 3 is 2.80 bits per heavy atom. The molecule has 0 aliphatic carbocycles. The van der Waals surface area contributed by atoms with E-state index in [0.29, 0.717) is 0 Å². The molecule has 0 bridgehead atoms. The van der Waals surface area contributed by atoms with Crippen molar-refractivity contribution >= 4 is 11.8 Å². The van der Waals surface area contributed by atoms with E-state index in [1.807, 2.05) is 43.2 Å². The fraction of sp³-hybridized carbons (Fsp3) is 0.250. The molecule has 1 aromatic heterocycles. The van der Waals surface area contributed by atoms with Gasteiger partial charge in [0.1, 0.15) is 0 Å². The Morgan fingerprint density at radius 2 is 2.20 bits per heavy atom. The van der Waals surface area contributed by atoms with Gasteiger partial charge in [0, 0.05) is 23.9 Å². The quantitative estimate of drug-likeness (QED) is 0.660. The zero-order valence-electron chi connectivity index (χ0n) is 5.95. The molecule has 10 heavy (non-hydrogen) atoms. The van der Waals surface area contributed by atoms with Gasteiger partial charge >= 0.3 is 0 Å². The lowest BCUT2D eigenvalue weighted by Crippen LogP contribution is -1.78. The molecule has 0 saturated carbocycles. The van der Waals surface area contributed by atoms with Crippen LogP contribution in [0.3, 0.4) is 0 Å². The molecule has 1 heterocycles. The van der Waals surface area contributed by atoms with Crippen LogP contribution < -0.4 is 0 Å². The van der Waals surface area contributed by atoms with Gasteiger partial charge in [0.05, 0.1) is 0 Å². The fourth-order valence-electron chi connectivity index (χ4n) is 0.659. The first-order chi connectivity index (χ1) is 4.93. The summed E-state index contributed by atoms with van der Waals surface area (Å²) in [5.41, 5.74) is 1.33. The summed E-state index contributed by atoms with van der Waals surface area (Å²) in [4.78, 5) is 3.93. The molecule has 0 atom stereocenters. The van der Waals surface area contributed by atoms with Crippen LogP contribution in [0.15, 0.2) is 24.5 Å². The van der Waals surface area contributed by atoms with E-state index in [-0.39, 0.29) is 0 Å². The summed E-state index contributed by atoms with van der Waals surface area (Å²) >= 11 is 1.81. The summed E-state index contributed by atoms with van der Waals surface area (Å²) in [6.45, 7) is 2.05. The highest BCUT2D eigenvalue weighted by atomic mass is 32.2. The highest BCUT2D eigenvalue weighted by Crippen LogP contribution is 2.12. The Hall–Kier alpha value is -0.500. The fourth-order valence-corrected chi connectivity index (χ4v) is 1.21. The van der Waals surface area contributed by atoms with E-state index in [2.05, 4.69) is 10.7 Å². The smallest absolute Gasteiger partial charge is 0.0270 e. The lowest BCUT2D eigenvalue weighted by Gasteiger charge is -1.95. The highest BCUT2D eigenvalue weighted by Gasteiger charge is 1.88. The summed E-state index contributed by atoms with van der Waals surface area (Å²) in [6.07, 6.45) is 3.65. The summed E-state index contributed by atoms with van der Waals surface area (Å²) in [5, 5.41) is 0. The van der Waals surface area contributed by atoms with E-state index in [4.69, 9.17) is 0 Å². The van der Waals surface area contributed by atoms with Gasteiger partial charge in [0.15, 0.2) is 0 Å². The molecule has 1 radical (unpaired) electrons. The predicted octanol–water partition coefficient (Wildman–Crippen LogP) is 2.50. The van der Waals surface area contributed by atoms with E-state index in [1.54, 1.807) is 0 Å². The van der Waals surface area contributed by atoms with Gasteiger partial charge < -0.3 is 0 Å². The van der Waals surface area contributed by atoms with Crippen molar-refractivity contribution in [2.75, 3.05) is 0 Å². The minimum Gasteiger partial charge on any atom is -0.265 e. The minimum absolute atomic E-state index is 1.05. The number of pyridine rings is 1. The molecule has 0 N–H and O–H groups in total. The number of rotatable bonds is 3. The van der Waals surface area contributed by atoms with E-state index < -0.39 is 0 Å². The molecule has 53 valence electrons. The molecule has 0 spiro atoms. The van der Waals surface area contributed by atoms with Crippen molar-refractivity contribution < 1.29 is 0 Å². The van der Waals surface area contributed by atoms with Gasteiger partial charge in [0.25, 0.3) is 0 Å². The van der Waals surface area contributed by atoms with Gasteiger partial charge in [-0.3, -0.25) is 4.98 Å². The van der Waals surface area contributed by atoms with Gasteiger partial charge in [-0.05, 0) is 17.7 Å². The summed E-state index contributed by atoms with van der Waals surface area (Å²) in [6, 6.07) is 4.08. The maximum absolute atomic E-state index is 3.93. The Bertz CT molecular complexity index is 174. The third kappa shape index (κ3) is 2.40. The lowest BCUT2D eigenvalue weighted by molar-refractivity contribution is 1.27. The standard InChI is InChI=1S/C8H10NS/c1-2-10-7-8-3-5-9-6-4-8/h2-6H,7H2,1H3. The summed E-state index contributed by atoms with van der Waals surface area (Å²) in [5.74, 6) is 3.15. The van der Waals surface area contributed by atoms with Crippen molar-refractivity contribution in [1.82, 2.24) is 4.98 Å². The van der Waals surface area contributed by atoms with Crippen LogP contribution >= 0.6 is 11.8 Å². The van der Waals surface area contributed by atoms with Crippen LogP contribution in [-0.4, -0.2) is 4.98 Å². The van der Waals surface area contributed by atoms with Crippen molar-refractivity contribution in [3.63, 3.8) is 0 Å². The Balaban J connectivity index is 2.43. The average molecular weight is 152 g/mol. The number of hydrogen-bond acceptors (Lipinski definition) is 2. The number of aromatic nitrogens is 1. The van der Waals surface area contributed by atoms with Crippen LogP contribution in [-0.2, 0) is 5.75 Å². The maximum atomic E-state index is 3.93. The molecule has 0 amide bonds. The normalized spacial score (nSPS) is 9.70. The maximum Gasteiger partial charge on any atom is 0.0270 e. The van der Waals surface area contributed by atoms with Crippen molar-refractivity contribution in [2.45, 2.75) is 12.7 Å². The Labute approximate surface area is 65.9 Å². The molecule has 0 aliphatic heterocycles. The average Bonchev–Trinajstić information content (AvgIpc) is 2.03. The van der Waals surface area contributed by atoms with Crippen LogP contribution in [0.1, 0.15) is 12.5 Å². The van der Waals surface area contributed by atoms with Gasteiger partial charge in [0.2, 0.25) is 0 Å². The minimum atomic E-state index is 1.05. The van der Waals surface area contributed by atoms with E-state index in [1.165, 1.54) is 5.56 Å². The topological polar surface area (TPSA) is 12.9 Å². The van der Waals surface area contributed by atoms with Crippen LogP contribution in [0.25, 0.3) is 0 Å². The molecular weight excluding hydrogens is 142 g/mol. The van der Waals surface area contributed by atoms with Gasteiger partial charge in [-0.1, -0.05) is 6.92 Å². The second kappa shape index (κ2) is 4.34. The van der Waals surface area contributed by atoms with Crippen molar-refractivity contribution in [1.29, 1.82) is 0 Å². The number of nitrogens with zero attached hydrogens (tertiary/aromatic N) is 1. The molecular formula is C8H10NS. The van der Waals surface area contributed by atoms with E-state index in [0.717, 1.165) is 5.75 Å². The molecule has 0 unspecified atom stereocenters. The van der Waals surface area contributed by atoms with Gasteiger partial charge in [-0.2, -0.15) is 11.8 Å². The molecule has 0 fully saturated rings. The molecule has 1 aromatic rings. The van der Waals surface area contributed by atoms with Crippen LogP contribution in [0.2, 0.25) is 0 Å². The second-order valence-corrected chi connectivity index (χ2v) is 3.00. The monoisotopic (exact) mass is 152 g/mol. The largest absolute Gasteiger partial charge is 0.265 e. The van der Waals surface area contributed by atoms with Gasteiger partial charge in [-0.25, -0.2) is 0 Å².